The van der Waals surface area contributed by atoms with Crippen LogP contribution in [0, 0.1) is 0 Å². The van der Waals surface area contributed by atoms with E-state index in [4.69, 9.17) is 5.11 Å². The number of carbonyl (C=O) groups is 1. The van der Waals surface area contributed by atoms with Gasteiger partial charge in [0.05, 0.1) is 6.42 Å². The second-order valence-electron chi connectivity index (χ2n) is 4.09. The lowest BCUT2D eigenvalue weighted by Gasteiger charge is -2.20. The van der Waals surface area contributed by atoms with Crippen LogP contribution in [-0.2, 0) is 15.0 Å². The van der Waals surface area contributed by atoms with E-state index in [-0.39, 0.29) is 13.0 Å². The quantitative estimate of drug-likeness (QED) is 0.755. The van der Waals surface area contributed by atoms with Gasteiger partial charge < -0.3 is 5.11 Å². The summed E-state index contributed by atoms with van der Waals surface area (Å²) in [6.45, 7) is 1.63. The zero-order valence-electron chi connectivity index (χ0n) is 10.8. The Balaban J connectivity index is 2.66. The molecule has 0 aliphatic carbocycles. The Hall–Kier alpha value is -1.51. The van der Waals surface area contributed by atoms with Gasteiger partial charge in [0.15, 0.2) is 0 Å². The van der Waals surface area contributed by atoms with Gasteiger partial charge in [-0.05, 0) is 24.6 Å². The van der Waals surface area contributed by atoms with Gasteiger partial charge in [-0.25, -0.2) is 0 Å². The fourth-order valence-electron chi connectivity index (χ4n) is 1.41. The van der Waals surface area contributed by atoms with Crippen molar-refractivity contribution in [3.63, 3.8) is 0 Å². The lowest BCUT2D eigenvalue weighted by Crippen LogP contribution is -2.40. The van der Waals surface area contributed by atoms with Gasteiger partial charge in [0, 0.05) is 32.0 Å². The van der Waals surface area contributed by atoms with E-state index < -0.39 is 22.2 Å². The molecule has 8 heteroatoms. The number of nitrogens with zero attached hydrogens (tertiary/aromatic N) is 2. The molecule has 0 bridgehead atoms. The monoisotopic (exact) mass is 287 g/mol. The molecular weight excluding hydrogens is 270 g/mol. The van der Waals surface area contributed by atoms with Gasteiger partial charge in [0.2, 0.25) is 0 Å². The molecular formula is C11H17N3O4S. The second-order valence-corrected chi connectivity index (χ2v) is 5.90. The minimum absolute atomic E-state index is 0.0757. The molecule has 0 aliphatic heterocycles. The first-order valence-corrected chi connectivity index (χ1v) is 7.12. The molecule has 7 nitrogen and oxygen atoms in total. The number of carboxylic acids is 1. The molecule has 0 saturated carbocycles. The molecule has 0 saturated heterocycles. The average molecular weight is 287 g/mol. The van der Waals surface area contributed by atoms with E-state index in [0.29, 0.717) is 0 Å². The van der Waals surface area contributed by atoms with Crippen LogP contribution in [0.1, 0.15) is 24.9 Å². The second kappa shape index (κ2) is 6.60. The fraction of sp³-hybridized carbons (Fsp3) is 0.455. The van der Waals surface area contributed by atoms with Gasteiger partial charge in [-0.3, -0.25) is 9.78 Å². The molecule has 1 aromatic heterocycles. The summed E-state index contributed by atoms with van der Waals surface area (Å²) in [6, 6.07) is 3.01. The number of nitrogens with one attached hydrogen (secondary N) is 1. The first kappa shape index (κ1) is 15.5. The van der Waals surface area contributed by atoms with E-state index in [0.717, 1.165) is 9.87 Å². The number of carboxylic acid groups (broad SMARTS) is 1. The highest BCUT2D eigenvalue weighted by atomic mass is 32.2. The van der Waals surface area contributed by atoms with E-state index in [1.165, 1.54) is 7.05 Å². The van der Waals surface area contributed by atoms with Crippen LogP contribution in [0.25, 0.3) is 0 Å². The highest BCUT2D eigenvalue weighted by Crippen LogP contribution is 2.12. The number of hydrogen-bond acceptors (Lipinski definition) is 4. The third-order valence-corrected chi connectivity index (χ3v) is 4.24. The Bertz CT molecular complexity index is 518. The highest BCUT2D eigenvalue weighted by molar-refractivity contribution is 7.87. The highest BCUT2D eigenvalue weighted by Gasteiger charge is 2.21. The van der Waals surface area contributed by atoms with Crippen molar-refractivity contribution in [3.8, 4) is 0 Å². The number of aliphatic carboxylic acids is 1. The molecule has 0 spiro atoms. The largest absolute Gasteiger partial charge is 0.481 e. The Morgan fingerprint density at radius 1 is 1.47 bits per heavy atom. The summed E-state index contributed by atoms with van der Waals surface area (Å²) in [4.78, 5) is 14.3. The lowest BCUT2D eigenvalue weighted by molar-refractivity contribution is -0.137. The van der Waals surface area contributed by atoms with E-state index in [9.17, 15) is 13.2 Å². The van der Waals surface area contributed by atoms with Gasteiger partial charge in [-0.1, -0.05) is 0 Å². The summed E-state index contributed by atoms with van der Waals surface area (Å²) in [5.41, 5.74) is 0.783. The van der Waals surface area contributed by atoms with Crippen molar-refractivity contribution in [2.75, 3.05) is 13.6 Å². The molecule has 1 unspecified atom stereocenters. The molecule has 0 aromatic carbocycles. The molecule has 106 valence electrons. The van der Waals surface area contributed by atoms with Gasteiger partial charge in [0.25, 0.3) is 10.2 Å². The van der Waals surface area contributed by atoms with Crippen molar-refractivity contribution in [1.29, 1.82) is 0 Å². The van der Waals surface area contributed by atoms with E-state index in [1.807, 2.05) is 0 Å². The van der Waals surface area contributed by atoms with Gasteiger partial charge in [-0.15, -0.1) is 0 Å². The van der Waals surface area contributed by atoms with Crippen molar-refractivity contribution < 1.29 is 18.3 Å². The molecule has 0 amide bonds. The van der Waals surface area contributed by atoms with Crippen molar-refractivity contribution in [2.45, 2.75) is 19.4 Å². The predicted octanol–water partition coefficient (Wildman–Crippen LogP) is 0.384. The number of pyridine rings is 1. The molecule has 0 radical (unpaired) electrons. The summed E-state index contributed by atoms with van der Waals surface area (Å²) in [6.07, 6.45) is 2.92. The van der Waals surface area contributed by atoms with E-state index in [2.05, 4.69) is 9.71 Å². The molecule has 1 aromatic rings. The maximum atomic E-state index is 11.9. The third-order valence-electron chi connectivity index (χ3n) is 2.58. The zero-order chi connectivity index (χ0) is 14.5. The lowest BCUT2D eigenvalue weighted by atomic mass is 10.1. The van der Waals surface area contributed by atoms with Crippen molar-refractivity contribution >= 4 is 16.2 Å². The van der Waals surface area contributed by atoms with Crippen molar-refractivity contribution in [2.24, 2.45) is 0 Å². The van der Waals surface area contributed by atoms with Crippen LogP contribution in [0.15, 0.2) is 24.5 Å². The molecule has 1 atom stereocenters. The zero-order valence-corrected chi connectivity index (χ0v) is 11.6. The summed E-state index contributed by atoms with van der Waals surface area (Å²) in [5, 5.41) is 8.54. The number of aromatic nitrogens is 1. The molecule has 1 rings (SSSR count). The molecule has 0 fully saturated rings. The van der Waals surface area contributed by atoms with Crippen LogP contribution in [-0.4, -0.2) is 42.4 Å². The number of rotatable bonds is 7. The smallest absolute Gasteiger partial charge is 0.304 e. The Labute approximate surface area is 112 Å². The maximum Gasteiger partial charge on any atom is 0.304 e. The molecule has 19 heavy (non-hydrogen) atoms. The Morgan fingerprint density at radius 3 is 2.58 bits per heavy atom. The van der Waals surface area contributed by atoms with Crippen LogP contribution >= 0.6 is 0 Å². The SMILES string of the molecule is CC(NS(=O)(=O)N(C)CCC(=O)O)c1ccncc1. The van der Waals surface area contributed by atoms with Crippen LogP contribution in [0.4, 0.5) is 0 Å². The minimum Gasteiger partial charge on any atom is -0.481 e. The van der Waals surface area contributed by atoms with Crippen LogP contribution in [0.3, 0.4) is 0 Å². The molecule has 2 N–H and O–H groups in total. The van der Waals surface area contributed by atoms with Crippen molar-refractivity contribution in [1.82, 2.24) is 14.0 Å². The Kier molecular flexibility index (Phi) is 5.40. The summed E-state index contributed by atoms with van der Waals surface area (Å²) >= 11 is 0. The minimum atomic E-state index is -3.70. The first-order chi connectivity index (χ1) is 8.83. The molecule has 0 aliphatic rings. The topological polar surface area (TPSA) is 99.6 Å². The third kappa shape index (κ3) is 4.93. The van der Waals surface area contributed by atoms with Gasteiger partial charge >= 0.3 is 5.97 Å². The standard InChI is InChI=1S/C11H17N3O4S/c1-9(10-3-6-12-7-4-10)13-19(17,18)14(2)8-5-11(15)16/h3-4,6-7,9,13H,5,8H2,1-2H3,(H,15,16). The van der Waals surface area contributed by atoms with Crippen LogP contribution in [0.5, 0.6) is 0 Å². The van der Waals surface area contributed by atoms with Gasteiger partial charge in [0.1, 0.15) is 0 Å². The normalized spacial score (nSPS) is 13.4. The fourth-order valence-corrected chi connectivity index (χ4v) is 2.50. The Morgan fingerprint density at radius 2 is 2.05 bits per heavy atom. The first-order valence-electron chi connectivity index (χ1n) is 5.68. The predicted molar refractivity (Wildman–Crippen MR) is 69.6 cm³/mol. The number of hydrogen-bond donors (Lipinski definition) is 2. The maximum absolute atomic E-state index is 11.9. The van der Waals surface area contributed by atoms with Gasteiger partial charge in [-0.2, -0.15) is 17.4 Å². The average Bonchev–Trinajstić information content (AvgIpc) is 2.36. The van der Waals surface area contributed by atoms with Crippen LogP contribution < -0.4 is 4.72 Å². The van der Waals surface area contributed by atoms with E-state index >= 15 is 0 Å². The summed E-state index contributed by atoms with van der Waals surface area (Å²) in [7, 11) is -2.37. The summed E-state index contributed by atoms with van der Waals surface area (Å²) in [5.74, 6) is -1.04. The van der Waals surface area contributed by atoms with Crippen molar-refractivity contribution in [3.05, 3.63) is 30.1 Å². The molecule has 1 heterocycles. The van der Waals surface area contributed by atoms with E-state index in [1.54, 1.807) is 31.5 Å². The van der Waals surface area contributed by atoms with Crippen LogP contribution in [0.2, 0.25) is 0 Å². The summed E-state index contributed by atoms with van der Waals surface area (Å²) < 4.78 is 27.3.